The fourth-order valence-corrected chi connectivity index (χ4v) is 4.28. The minimum Gasteiger partial charge on any atom is -0.313 e. The summed E-state index contributed by atoms with van der Waals surface area (Å²) in [5.74, 6) is 0.672. The number of allylic oxidation sites excluding steroid dienone is 1. The van der Waals surface area contributed by atoms with Crippen LogP contribution in [0.25, 0.3) is 0 Å². The molecule has 0 fully saturated rings. The van der Waals surface area contributed by atoms with Crippen molar-refractivity contribution >= 4 is 17.7 Å². The number of amides is 1. The molecule has 2 aliphatic heterocycles. The van der Waals surface area contributed by atoms with Crippen LogP contribution in [0.2, 0.25) is 0 Å². The molecule has 0 bridgehead atoms. The van der Waals surface area contributed by atoms with Crippen molar-refractivity contribution < 1.29 is 4.79 Å². The third kappa shape index (κ3) is 1.93. The summed E-state index contributed by atoms with van der Waals surface area (Å²) in [5, 5.41) is 2.46. The summed E-state index contributed by atoms with van der Waals surface area (Å²) < 4.78 is 0. The summed E-state index contributed by atoms with van der Waals surface area (Å²) in [5.41, 5.74) is -0.480. The van der Waals surface area contributed by atoms with Crippen LogP contribution in [0.15, 0.2) is 23.8 Å². The Morgan fingerprint density at radius 2 is 2.11 bits per heavy atom. The van der Waals surface area contributed by atoms with Gasteiger partial charge >= 0.3 is 0 Å². The van der Waals surface area contributed by atoms with Gasteiger partial charge in [-0.2, -0.15) is 0 Å². The predicted octanol–water partition coefficient (Wildman–Crippen LogP) is 3.80. The zero-order valence-electron chi connectivity index (χ0n) is 11.9. The zero-order valence-corrected chi connectivity index (χ0v) is 12.8. The first-order valence-corrected chi connectivity index (χ1v) is 7.62. The Kier molecular flexibility index (Phi) is 3.39. The van der Waals surface area contributed by atoms with Crippen molar-refractivity contribution in [1.82, 2.24) is 4.90 Å². The van der Waals surface area contributed by atoms with E-state index in [1.54, 1.807) is 0 Å². The fraction of sp³-hybridized carbons (Fsp3) is 0.667. The summed E-state index contributed by atoms with van der Waals surface area (Å²) in [7, 11) is 0. The molecule has 0 saturated heterocycles. The van der Waals surface area contributed by atoms with Gasteiger partial charge in [0.05, 0.1) is 5.41 Å². The third-order valence-electron chi connectivity index (χ3n) is 4.04. The predicted molar refractivity (Wildman–Crippen MR) is 78.1 cm³/mol. The summed E-state index contributed by atoms with van der Waals surface area (Å²) in [6.45, 7) is 10.6. The first-order chi connectivity index (χ1) is 8.33. The van der Waals surface area contributed by atoms with E-state index in [1.165, 1.54) is 0 Å². The monoisotopic (exact) mass is 265 g/mol. The van der Waals surface area contributed by atoms with E-state index in [1.807, 2.05) is 22.9 Å². The summed E-state index contributed by atoms with van der Waals surface area (Å²) in [6, 6.07) is 0. The Morgan fingerprint density at radius 1 is 1.44 bits per heavy atom. The summed E-state index contributed by atoms with van der Waals surface area (Å²) in [6.07, 6.45) is 7.19. The largest absolute Gasteiger partial charge is 0.313 e. The van der Waals surface area contributed by atoms with Gasteiger partial charge in [-0.1, -0.05) is 26.0 Å². The van der Waals surface area contributed by atoms with Gasteiger partial charge in [-0.25, -0.2) is 0 Å². The van der Waals surface area contributed by atoms with E-state index in [2.05, 4.69) is 52.2 Å². The molecule has 3 heteroatoms. The van der Waals surface area contributed by atoms with Crippen LogP contribution in [0.5, 0.6) is 0 Å². The highest BCUT2D eigenvalue weighted by Crippen LogP contribution is 2.50. The zero-order chi connectivity index (χ0) is 13.6. The first kappa shape index (κ1) is 13.7. The molecule has 2 heterocycles. The van der Waals surface area contributed by atoms with Gasteiger partial charge in [0.25, 0.3) is 0 Å². The minimum absolute atomic E-state index is 0.161. The second kappa shape index (κ2) is 4.44. The standard InChI is InChI=1S/C15H23NOS/c1-6-15-8-10-18-12(15)11(2)7-9-16(13(15)17)14(3,4)5/h7-12H,6H2,1-5H3/t11-,12+,15+/m0/s1. The second-order valence-electron chi connectivity index (χ2n) is 6.30. The summed E-state index contributed by atoms with van der Waals surface area (Å²) in [4.78, 5) is 14.9. The number of carbonyl (C=O) groups is 1. The molecule has 2 nitrogen and oxygen atoms in total. The highest BCUT2D eigenvalue weighted by molar-refractivity contribution is 8.03. The minimum atomic E-state index is -0.319. The van der Waals surface area contributed by atoms with Crippen LogP contribution in [0.1, 0.15) is 41.0 Å². The van der Waals surface area contributed by atoms with Gasteiger partial charge in [-0.05, 0) is 38.5 Å². The van der Waals surface area contributed by atoms with E-state index in [0.717, 1.165) is 6.42 Å². The maximum atomic E-state index is 13.0. The van der Waals surface area contributed by atoms with Gasteiger partial charge in [0.15, 0.2) is 0 Å². The van der Waals surface area contributed by atoms with E-state index >= 15 is 0 Å². The maximum Gasteiger partial charge on any atom is 0.238 e. The number of nitrogens with zero attached hydrogens (tertiary/aromatic N) is 1. The molecule has 0 aromatic rings. The molecular formula is C15H23NOS. The van der Waals surface area contributed by atoms with Gasteiger partial charge in [-0.3, -0.25) is 4.79 Å². The van der Waals surface area contributed by atoms with Crippen LogP contribution in [0.3, 0.4) is 0 Å². The van der Waals surface area contributed by atoms with Crippen LogP contribution in [-0.2, 0) is 4.79 Å². The number of thioether (sulfide) groups is 1. The number of fused-ring (bicyclic) bond motifs is 1. The van der Waals surface area contributed by atoms with E-state index in [4.69, 9.17) is 0 Å². The lowest BCUT2D eigenvalue weighted by Crippen LogP contribution is -2.51. The van der Waals surface area contributed by atoms with Crippen LogP contribution in [0, 0.1) is 11.3 Å². The summed E-state index contributed by atoms with van der Waals surface area (Å²) >= 11 is 1.81. The van der Waals surface area contributed by atoms with Crippen molar-refractivity contribution in [3.63, 3.8) is 0 Å². The second-order valence-corrected chi connectivity index (χ2v) is 7.35. The lowest BCUT2D eigenvalue weighted by Gasteiger charge is -2.40. The van der Waals surface area contributed by atoms with Crippen molar-refractivity contribution in [2.45, 2.75) is 51.8 Å². The average molecular weight is 265 g/mol. The molecule has 2 aliphatic rings. The topological polar surface area (TPSA) is 20.3 Å². The molecule has 2 rings (SSSR count). The van der Waals surface area contributed by atoms with Gasteiger partial charge in [0.2, 0.25) is 5.91 Å². The van der Waals surface area contributed by atoms with Crippen LogP contribution in [-0.4, -0.2) is 21.6 Å². The number of rotatable bonds is 1. The molecule has 3 atom stereocenters. The third-order valence-corrected chi connectivity index (χ3v) is 5.48. The SMILES string of the molecule is CC[C@@]12C=CS[C@@H]1[C@@H](C)C=CN(C(C)(C)C)C2=O. The lowest BCUT2D eigenvalue weighted by atomic mass is 9.76. The Morgan fingerprint density at radius 3 is 2.67 bits per heavy atom. The molecule has 0 aromatic heterocycles. The fourth-order valence-electron chi connectivity index (χ4n) is 2.86. The Balaban J connectivity index is 2.48. The highest BCUT2D eigenvalue weighted by Gasteiger charge is 2.51. The van der Waals surface area contributed by atoms with Gasteiger partial charge in [0.1, 0.15) is 0 Å². The Hall–Kier alpha value is -0.700. The average Bonchev–Trinajstić information content (AvgIpc) is 2.67. The van der Waals surface area contributed by atoms with Crippen molar-refractivity contribution in [2.24, 2.45) is 11.3 Å². The lowest BCUT2D eigenvalue weighted by molar-refractivity contribution is -0.140. The van der Waals surface area contributed by atoms with E-state index in [0.29, 0.717) is 11.2 Å². The molecule has 18 heavy (non-hydrogen) atoms. The van der Waals surface area contributed by atoms with Crippen molar-refractivity contribution in [2.75, 3.05) is 0 Å². The normalized spacial score (nSPS) is 35.8. The molecule has 100 valence electrons. The van der Waals surface area contributed by atoms with Crippen LogP contribution >= 0.6 is 11.8 Å². The number of hydrogen-bond acceptors (Lipinski definition) is 2. The quantitative estimate of drug-likeness (QED) is 0.718. The Bertz CT molecular complexity index is 407. The van der Waals surface area contributed by atoms with E-state index < -0.39 is 0 Å². The van der Waals surface area contributed by atoms with Crippen LogP contribution < -0.4 is 0 Å². The molecule has 0 aromatic carbocycles. The van der Waals surface area contributed by atoms with E-state index in [9.17, 15) is 4.79 Å². The van der Waals surface area contributed by atoms with Gasteiger partial charge < -0.3 is 4.90 Å². The molecule has 0 unspecified atom stereocenters. The van der Waals surface area contributed by atoms with Crippen molar-refractivity contribution in [1.29, 1.82) is 0 Å². The van der Waals surface area contributed by atoms with E-state index in [-0.39, 0.29) is 16.9 Å². The van der Waals surface area contributed by atoms with Crippen molar-refractivity contribution in [3.8, 4) is 0 Å². The maximum absolute atomic E-state index is 13.0. The molecule has 0 N–H and O–H groups in total. The number of hydrogen-bond donors (Lipinski definition) is 0. The smallest absolute Gasteiger partial charge is 0.238 e. The first-order valence-electron chi connectivity index (χ1n) is 6.68. The molecule has 0 saturated carbocycles. The van der Waals surface area contributed by atoms with Gasteiger partial charge in [-0.15, -0.1) is 11.8 Å². The highest BCUT2D eigenvalue weighted by atomic mass is 32.2. The molecule has 0 spiro atoms. The number of carbonyl (C=O) groups excluding carboxylic acids is 1. The molecule has 0 radical (unpaired) electrons. The molecule has 0 aliphatic carbocycles. The van der Waals surface area contributed by atoms with Gasteiger partial charge in [0, 0.05) is 17.0 Å². The van der Waals surface area contributed by atoms with Crippen LogP contribution in [0.4, 0.5) is 0 Å². The molecular weight excluding hydrogens is 242 g/mol. The Labute approximate surface area is 115 Å². The van der Waals surface area contributed by atoms with Crippen molar-refractivity contribution in [3.05, 3.63) is 23.8 Å². The molecule has 1 amide bonds.